The molecule has 19 heavy (non-hydrogen) atoms. The number of carbonyl (C=O) groups excluding carboxylic acids is 2. The Kier molecular flexibility index (Phi) is 6.84. The van der Waals surface area contributed by atoms with Gasteiger partial charge in [-0.1, -0.05) is 19.3 Å². The number of esters is 2. The second-order valence-electron chi connectivity index (χ2n) is 4.87. The highest BCUT2D eigenvalue weighted by Crippen LogP contribution is 2.21. The molecular formula is C14H24O5. The van der Waals surface area contributed by atoms with Crippen molar-refractivity contribution in [2.75, 3.05) is 6.61 Å². The highest BCUT2D eigenvalue weighted by Gasteiger charge is 2.26. The molecule has 1 saturated carbocycles. The van der Waals surface area contributed by atoms with E-state index in [1.165, 1.54) is 13.3 Å². The van der Waals surface area contributed by atoms with E-state index < -0.39 is 24.1 Å². The first-order valence-corrected chi connectivity index (χ1v) is 7.07. The zero-order valence-electron chi connectivity index (χ0n) is 12.0. The summed E-state index contributed by atoms with van der Waals surface area (Å²) < 4.78 is 15.5. The summed E-state index contributed by atoms with van der Waals surface area (Å²) in [5.41, 5.74) is 0. The first kappa shape index (κ1) is 16.0. The van der Waals surface area contributed by atoms with Gasteiger partial charge in [0.25, 0.3) is 0 Å². The summed E-state index contributed by atoms with van der Waals surface area (Å²) >= 11 is 0. The fourth-order valence-corrected chi connectivity index (χ4v) is 2.12. The summed E-state index contributed by atoms with van der Waals surface area (Å²) in [4.78, 5) is 23.1. The lowest BCUT2D eigenvalue weighted by Gasteiger charge is -2.25. The van der Waals surface area contributed by atoms with Crippen molar-refractivity contribution in [1.29, 1.82) is 0 Å². The van der Waals surface area contributed by atoms with Crippen LogP contribution in [0.15, 0.2) is 0 Å². The second-order valence-corrected chi connectivity index (χ2v) is 4.87. The van der Waals surface area contributed by atoms with Gasteiger partial charge in [-0.2, -0.15) is 0 Å². The Balaban J connectivity index is 2.32. The summed E-state index contributed by atoms with van der Waals surface area (Å²) in [6.45, 7) is 5.15. The Bertz CT molecular complexity index is 296. The zero-order valence-corrected chi connectivity index (χ0v) is 12.0. The van der Waals surface area contributed by atoms with Gasteiger partial charge in [0.15, 0.2) is 12.2 Å². The smallest absolute Gasteiger partial charge is 0.347 e. The quantitative estimate of drug-likeness (QED) is 0.694. The van der Waals surface area contributed by atoms with Crippen LogP contribution in [0.1, 0.15) is 52.9 Å². The van der Waals surface area contributed by atoms with Crippen LogP contribution in [0.5, 0.6) is 0 Å². The van der Waals surface area contributed by atoms with Crippen molar-refractivity contribution in [2.24, 2.45) is 0 Å². The molecule has 0 spiro atoms. The molecule has 0 radical (unpaired) electrons. The molecule has 1 aliphatic carbocycles. The van der Waals surface area contributed by atoms with Gasteiger partial charge in [0.2, 0.25) is 0 Å². The molecule has 0 amide bonds. The fourth-order valence-electron chi connectivity index (χ4n) is 2.12. The molecule has 2 unspecified atom stereocenters. The van der Waals surface area contributed by atoms with Gasteiger partial charge in [-0.15, -0.1) is 0 Å². The van der Waals surface area contributed by atoms with Crippen molar-refractivity contribution in [1.82, 2.24) is 0 Å². The van der Waals surface area contributed by atoms with Gasteiger partial charge in [-0.25, -0.2) is 9.59 Å². The minimum atomic E-state index is -0.884. The van der Waals surface area contributed by atoms with Crippen molar-refractivity contribution in [2.45, 2.75) is 71.2 Å². The largest absolute Gasteiger partial charge is 0.463 e. The minimum Gasteiger partial charge on any atom is -0.463 e. The molecule has 0 aromatic rings. The SMILES string of the molecule is CCOC(=O)C(C)OC(=O)C(C)OC1CCCCC1. The highest BCUT2D eigenvalue weighted by atomic mass is 16.6. The van der Waals surface area contributed by atoms with Crippen LogP contribution < -0.4 is 0 Å². The van der Waals surface area contributed by atoms with Crippen molar-refractivity contribution in [3.63, 3.8) is 0 Å². The first-order chi connectivity index (χ1) is 9.04. The summed E-state index contributed by atoms with van der Waals surface area (Å²) in [5, 5.41) is 0. The Labute approximate surface area is 114 Å². The topological polar surface area (TPSA) is 61.8 Å². The molecular weight excluding hydrogens is 248 g/mol. The molecule has 1 aliphatic rings. The van der Waals surface area contributed by atoms with E-state index >= 15 is 0 Å². The number of hydrogen-bond donors (Lipinski definition) is 0. The molecule has 2 atom stereocenters. The molecule has 0 aromatic carbocycles. The van der Waals surface area contributed by atoms with Crippen LogP contribution >= 0.6 is 0 Å². The molecule has 1 rings (SSSR count). The van der Waals surface area contributed by atoms with Gasteiger partial charge in [0.1, 0.15) is 0 Å². The molecule has 0 aromatic heterocycles. The lowest BCUT2D eigenvalue weighted by molar-refractivity contribution is -0.175. The summed E-state index contributed by atoms with van der Waals surface area (Å²) in [6, 6.07) is 0. The maximum atomic E-state index is 11.8. The fraction of sp³-hybridized carbons (Fsp3) is 0.857. The van der Waals surface area contributed by atoms with Crippen LogP contribution in [0.3, 0.4) is 0 Å². The Morgan fingerprint density at radius 1 is 1.05 bits per heavy atom. The third-order valence-electron chi connectivity index (χ3n) is 3.19. The van der Waals surface area contributed by atoms with E-state index in [1.807, 2.05) is 0 Å². The van der Waals surface area contributed by atoms with E-state index in [2.05, 4.69) is 0 Å². The van der Waals surface area contributed by atoms with Gasteiger partial charge >= 0.3 is 11.9 Å². The van der Waals surface area contributed by atoms with E-state index in [0.29, 0.717) is 0 Å². The summed E-state index contributed by atoms with van der Waals surface area (Å²) in [7, 11) is 0. The van der Waals surface area contributed by atoms with Crippen molar-refractivity contribution >= 4 is 11.9 Å². The maximum absolute atomic E-state index is 11.8. The molecule has 0 heterocycles. The van der Waals surface area contributed by atoms with Crippen LogP contribution in [0.2, 0.25) is 0 Å². The average Bonchev–Trinajstić information content (AvgIpc) is 2.40. The predicted octanol–water partition coefficient (Wildman–Crippen LogP) is 2.22. The molecule has 5 heteroatoms. The van der Waals surface area contributed by atoms with E-state index in [-0.39, 0.29) is 12.7 Å². The van der Waals surface area contributed by atoms with E-state index in [9.17, 15) is 9.59 Å². The van der Waals surface area contributed by atoms with Crippen LogP contribution in [-0.4, -0.2) is 36.9 Å². The van der Waals surface area contributed by atoms with E-state index in [0.717, 1.165) is 25.7 Å². The second kappa shape index (κ2) is 8.15. The molecule has 110 valence electrons. The van der Waals surface area contributed by atoms with Crippen LogP contribution in [-0.2, 0) is 23.8 Å². The summed E-state index contributed by atoms with van der Waals surface area (Å²) in [5.74, 6) is -1.04. The molecule has 0 N–H and O–H groups in total. The Morgan fingerprint density at radius 3 is 2.26 bits per heavy atom. The Hall–Kier alpha value is -1.10. The average molecular weight is 272 g/mol. The predicted molar refractivity (Wildman–Crippen MR) is 69.6 cm³/mol. The van der Waals surface area contributed by atoms with Crippen LogP contribution in [0, 0.1) is 0 Å². The number of hydrogen-bond acceptors (Lipinski definition) is 5. The number of carbonyl (C=O) groups is 2. The zero-order chi connectivity index (χ0) is 14.3. The van der Waals surface area contributed by atoms with Crippen molar-refractivity contribution < 1.29 is 23.8 Å². The Morgan fingerprint density at radius 2 is 1.68 bits per heavy atom. The standard InChI is InChI=1S/C14H24O5/c1-4-17-13(15)10(2)19-14(16)11(3)18-12-8-6-5-7-9-12/h10-12H,4-9H2,1-3H3. The lowest BCUT2D eigenvalue weighted by atomic mass is 9.98. The van der Waals surface area contributed by atoms with Gasteiger partial charge in [-0.05, 0) is 33.6 Å². The van der Waals surface area contributed by atoms with Gasteiger partial charge in [-0.3, -0.25) is 0 Å². The van der Waals surface area contributed by atoms with Crippen LogP contribution in [0.25, 0.3) is 0 Å². The first-order valence-electron chi connectivity index (χ1n) is 7.07. The molecule has 0 bridgehead atoms. The van der Waals surface area contributed by atoms with Crippen molar-refractivity contribution in [3.05, 3.63) is 0 Å². The maximum Gasteiger partial charge on any atom is 0.347 e. The summed E-state index contributed by atoms with van der Waals surface area (Å²) in [6.07, 6.45) is 4.12. The van der Waals surface area contributed by atoms with Gasteiger partial charge < -0.3 is 14.2 Å². The molecule has 1 fully saturated rings. The highest BCUT2D eigenvalue weighted by molar-refractivity contribution is 5.80. The number of rotatable bonds is 6. The third kappa shape index (κ3) is 5.59. The van der Waals surface area contributed by atoms with Gasteiger partial charge in [0, 0.05) is 0 Å². The monoisotopic (exact) mass is 272 g/mol. The van der Waals surface area contributed by atoms with E-state index in [4.69, 9.17) is 14.2 Å². The molecule has 5 nitrogen and oxygen atoms in total. The van der Waals surface area contributed by atoms with Gasteiger partial charge in [0.05, 0.1) is 12.7 Å². The third-order valence-corrected chi connectivity index (χ3v) is 3.19. The van der Waals surface area contributed by atoms with Crippen LogP contribution in [0.4, 0.5) is 0 Å². The minimum absolute atomic E-state index is 0.134. The number of ether oxygens (including phenoxy) is 3. The van der Waals surface area contributed by atoms with Crippen molar-refractivity contribution in [3.8, 4) is 0 Å². The van der Waals surface area contributed by atoms with E-state index in [1.54, 1.807) is 13.8 Å². The lowest BCUT2D eigenvalue weighted by Crippen LogP contribution is -2.34. The molecule has 0 aliphatic heterocycles. The normalized spacial score (nSPS) is 19.5. The molecule has 0 saturated heterocycles.